The van der Waals surface area contributed by atoms with E-state index in [1.165, 1.54) is 31.4 Å². The Morgan fingerprint density at radius 1 is 1.30 bits per heavy atom. The lowest BCUT2D eigenvalue weighted by atomic mass is 9.87. The summed E-state index contributed by atoms with van der Waals surface area (Å²) in [6, 6.07) is 4.87. The molecule has 1 heterocycles. The quantitative estimate of drug-likeness (QED) is 0.903. The molecule has 1 unspecified atom stereocenters. The molecule has 20 heavy (non-hydrogen) atoms. The predicted octanol–water partition coefficient (Wildman–Crippen LogP) is 3.72. The molecule has 2 N–H and O–H groups in total. The van der Waals surface area contributed by atoms with Crippen LogP contribution in [0.15, 0.2) is 22.7 Å². The van der Waals surface area contributed by atoms with Crippen molar-refractivity contribution in [2.24, 2.45) is 5.73 Å². The fraction of sp³-hybridized carbons (Fsp3) is 0.625. The van der Waals surface area contributed by atoms with Crippen molar-refractivity contribution in [1.29, 1.82) is 0 Å². The van der Waals surface area contributed by atoms with Crippen LogP contribution in [0.4, 0.5) is 4.39 Å². The number of hydrogen-bond acceptors (Lipinski definition) is 2. The zero-order valence-corrected chi connectivity index (χ0v) is 13.9. The van der Waals surface area contributed by atoms with E-state index in [1.807, 2.05) is 6.07 Å². The second-order valence-electron chi connectivity index (χ2n) is 6.25. The van der Waals surface area contributed by atoms with Crippen molar-refractivity contribution in [1.82, 2.24) is 4.90 Å². The second-order valence-corrected chi connectivity index (χ2v) is 7.10. The topological polar surface area (TPSA) is 29.3 Å². The van der Waals surface area contributed by atoms with Crippen LogP contribution in [0.25, 0.3) is 0 Å². The summed E-state index contributed by atoms with van der Waals surface area (Å²) < 4.78 is 13.9. The van der Waals surface area contributed by atoms with Crippen LogP contribution in [0.3, 0.4) is 0 Å². The first-order chi connectivity index (χ1) is 9.41. The van der Waals surface area contributed by atoms with Gasteiger partial charge in [0.1, 0.15) is 5.82 Å². The van der Waals surface area contributed by atoms with Crippen molar-refractivity contribution in [3.63, 3.8) is 0 Å². The van der Waals surface area contributed by atoms with E-state index < -0.39 is 0 Å². The van der Waals surface area contributed by atoms with Gasteiger partial charge in [-0.15, -0.1) is 0 Å². The molecule has 0 radical (unpaired) electrons. The van der Waals surface area contributed by atoms with Gasteiger partial charge in [0, 0.05) is 16.1 Å². The Balaban J connectivity index is 2.07. The van der Waals surface area contributed by atoms with Gasteiger partial charge in [-0.05, 0) is 63.9 Å². The predicted molar refractivity (Wildman–Crippen MR) is 85.3 cm³/mol. The molecule has 1 atom stereocenters. The van der Waals surface area contributed by atoms with E-state index in [4.69, 9.17) is 5.73 Å². The minimum atomic E-state index is -0.218. The van der Waals surface area contributed by atoms with E-state index in [-0.39, 0.29) is 17.4 Å². The molecule has 0 aromatic heterocycles. The minimum Gasteiger partial charge on any atom is -0.326 e. The van der Waals surface area contributed by atoms with Crippen molar-refractivity contribution in [3.05, 3.63) is 34.1 Å². The molecule has 0 bridgehead atoms. The van der Waals surface area contributed by atoms with Crippen LogP contribution >= 0.6 is 15.9 Å². The van der Waals surface area contributed by atoms with Gasteiger partial charge in [-0.1, -0.05) is 28.4 Å². The Bertz CT molecular complexity index is 456. The van der Waals surface area contributed by atoms with E-state index in [1.54, 1.807) is 0 Å². The Hall–Kier alpha value is -0.450. The lowest BCUT2D eigenvalue weighted by molar-refractivity contribution is 0.0731. The average molecular weight is 343 g/mol. The number of benzene rings is 1. The molecule has 0 aliphatic carbocycles. The van der Waals surface area contributed by atoms with Crippen LogP contribution in [-0.4, -0.2) is 29.6 Å². The van der Waals surface area contributed by atoms with Gasteiger partial charge in [0.25, 0.3) is 0 Å². The largest absolute Gasteiger partial charge is 0.326 e. The van der Waals surface area contributed by atoms with Gasteiger partial charge >= 0.3 is 0 Å². The van der Waals surface area contributed by atoms with Gasteiger partial charge < -0.3 is 5.73 Å². The molecule has 1 fully saturated rings. The van der Waals surface area contributed by atoms with Crippen LogP contribution in [0.1, 0.15) is 38.7 Å². The van der Waals surface area contributed by atoms with E-state index in [9.17, 15) is 4.39 Å². The first kappa shape index (κ1) is 15.9. The zero-order valence-electron chi connectivity index (χ0n) is 12.3. The van der Waals surface area contributed by atoms with Crippen molar-refractivity contribution < 1.29 is 4.39 Å². The minimum absolute atomic E-state index is 0.0300. The molecule has 0 spiro atoms. The number of hydrogen-bond donors (Lipinski definition) is 1. The summed E-state index contributed by atoms with van der Waals surface area (Å²) in [6.45, 7) is 6.71. The van der Waals surface area contributed by atoms with Gasteiger partial charge in [-0.2, -0.15) is 0 Å². The van der Waals surface area contributed by atoms with Gasteiger partial charge in [0.05, 0.1) is 0 Å². The standard InChI is InChI=1S/C16H24BrFN2/c1-16(2,20-8-4-3-5-9-20)15(19)10-12-6-7-13(18)11-14(12)17/h6-7,11,15H,3-5,8-10,19H2,1-2H3. The van der Waals surface area contributed by atoms with E-state index in [2.05, 4.69) is 34.7 Å². The summed E-state index contributed by atoms with van der Waals surface area (Å²) >= 11 is 3.43. The number of nitrogens with zero attached hydrogens (tertiary/aromatic N) is 1. The number of piperidine rings is 1. The van der Waals surface area contributed by atoms with Crippen molar-refractivity contribution in [2.75, 3.05) is 13.1 Å². The zero-order chi connectivity index (χ0) is 14.8. The highest BCUT2D eigenvalue weighted by Gasteiger charge is 2.34. The number of halogens is 2. The highest BCUT2D eigenvalue weighted by atomic mass is 79.9. The second kappa shape index (κ2) is 6.54. The third-order valence-corrected chi connectivity index (χ3v) is 5.27. The van der Waals surface area contributed by atoms with Gasteiger partial charge in [-0.3, -0.25) is 4.90 Å². The van der Waals surface area contributed by atoms with Crippen molar-refractivity contribution in [2.45, 2.75) is 51.1 Å². The molecular weight excluding hydrogens is 319 g/mol. The van der Waals surface area contributed by atoms with Crippen LogP contribution in [0, 0.1) is 5.82 Å². The third kappa shape index (κ3) is 3.60. The number of nitrogens with two attached hydrogens (primary N) is 1. The summed E-state index contributed by atoms with van der Waals surface area (Å²) in [5.41, 5.74) is 7.50. The molecule has 112 valence electrons. The molecule has 2 rings (SSSR count). The van der Waals surface area contributed by atoms with Gasteiger partial charge in [-0.25, -0.2) is 4.39 Å². The maximum atomic E-state index is 13.1. The van der Waals surface area contributed by atoms with E-state index in [0.717, 1.165) is 29.5 Å². The summed E-state index contributed by atoms with van der Waals surface area (Å²) in [7, 11) is 0. The van der Waals surface area contributed by atoms with Gasteiger partial charge in [0.15, 0.2) is 0 Å². The average Bonchev–Trinajstić information content (AvgIpc) is 2.42. The van der Waals surface area contributed by atoms with Crippen LogP contribution in [0.2, 0.25) is 0 Å². The summed E-state index contributed by atoms with van der Waals surface area (Å²) in [5.74, 6) is -0.218. The molecule has 0 amide bonds. The monoisotopic (exact) mass is 342 g/mol. The molecule has 1 aromatic rings. The maximum absolute atomic E-state index is 13.1. The number of rotatable bonds is 4. The van der Waals surface area contributed by atoms with Crippen LogP contribution < -0.4 is 5.73 Å². The fourth-order valence-corrected chi connectivity index (χ4v) is 3.39. The Labute approximate surface area is 129 Å². The smallest absolute Gasteiger partial charge is 0.124 e. The first-order valence-corrected chi connectivity index (χ1v) is 8.15. The molecule has 0 saturated carbocycles. The molecule has 1 saturated heterocycles. The maximum Gasteiger partial charge on any atom is 0.124 e. The van der Waals surface area contributed by atoms with Crippen LogP contribution in [0.5, 0.6) is 0 Å². The lowest BCUT2D eigenvalue weighted by Gasteiger charge is -2.44. The normalized spacial score (nSPS) is 19.1. The van der Waals surface area contributed by atoms with Crippen molar-refractivity contribution >= 4 is 15.9 Å². The van der Waals surface area contributed by atoms with E-state index in [0.29, 0.717) is 0 Å². The molecule has 2 nitrogen and oxygen atoms in total. The molecule has 1 aliphatic rings. The Morgan fingerprint density at radius 3 is 2.55 bits per heavy atom. The third-order valence-electron chi connectivity index (χ3n) is 4.53. The highest BCUT2D eigenvalue weighted by molar-refractivity contribution is 9.10. The molecular formula is C16H24BrFN2. The lowest BCUT2D eigenvalue weighted by Crippen LogP contribution is -2.58. The summed E-state index contributed by atoms with van der Waals surface area (Å²) in [5, 5.41) is 0. The SMILES string of the molecule is CC(C)(C(N)Cc1ccc(F)cc1Br)N1CCCCC1. The van der Waals surface area contributed by atoms with Crippen LogP contribution in [-0.2, 0) is 6.42 Å². The van der Waals surface area contributed by atoms with Crippen molar-refractivity contribution in [3.8, 4) is 0 Å². The first-order valence-electron chi connectivity index (χ1n) is 7.36. The molecule has 4 heteroatoms. The molecule has 1 aliphatic heterocycles. The summed E-state index contributed by atoms with van der Waals surface area (Å²) in [4.78, 5) is 2.50. The molecule has 1 aromatic carbocycles. The van der Waals surface area contributed by atoms with E-state index >= 15 is 0 Å². The number of likely N-dealkylation sites (tertiary alicyclic amines) is 1. The fourth-order valence-electron chi connectivity index (χ4n) is 2.88. The Kier molecular flexibility index (Phi) is 5.21. The van der Waals surface area contributed by atoms with Gasteiger partial charge in [0.2, 0.25) is 0 Å². The highest BCUT2D eigenvalue weighted by Crippen LogP contribution is 2.27. The summed E-state index contributed by atoms with van der Waals surface area (Å²) in [6.07, 6.45) is 4.60. The Morgan fingerprint density at radius 2 is 1.95 bits per heavy atom.